The number of rotatable bonds is 9. The Labute approximate surface area is 144 Å². The second kappa shape index (κ2) is 10.2. The predicted molar refractivity (Wildman–Crippen MR) is 105 cm³/mol. The number of anilines is 2. The first-order valence-electron chi connectivity index (χ1n) is 7.31. The Morgan fingerprint density at radius 2 is 1.55 bits per heavy atom. The first-order valence-corrected chi connectivity index (χ1v) is 14.7. The molecule has 0 aliphatic heterocycles. The SMILES string of the molecule is [CH2+]CCS[As](SCCN)c1ccc(Nc2ccccc2)cc1. The molecule has 0 fully saturated rings. The molecule has 0 amide bonds. The van der Waals surface area contributed by atoms with Crippen molar-refractivity contribution < 1.29 is 0 Å². The molecule has 2 aromatic rings. The van der Waals surface area contributed by atoms with Crippen molar-refractivity contribution in [1.29, 1.82) is 0 Å². The maximum atomic E-state index is 5.66. The zero-order valence-corrected chi connectivity index (χ0v) is 16.1. The van der Waals surface area contributed by atoms with Crippen LogP contribution in [-0.2, 0) is 0 Å². The van der Waals surface area contributed by atoms with Crippen LogP contribution in [0, 0.1) is 6.92 Å². The van der Waals surface area contributed by atoms with Crippen LogP contribution < -0.4 is 15.4 Å². The van der Waals surface area contributed by atoms with Crippen LogP contribution in [-0.4, -0.2) is 30.4 Å². The van der Waals surface area contributed by atoms with E-state index in [1.54, 1.807) is 0 Å². The van der Waals surface area contributed by atoms with Crippen molar-refractivity contribution in [2.24, 2.45) is 5.73 Å². The summed E-state index contributed by atoms with van der Waals surface area (Å²) in [7, 11) is 4.15. The molecule has 116 valence electrons. The molecule has 0 aromatic heterocycles. The molecule has 2 aromatic carbocycles. The first-order chi connectivity index (χ1) is 10.8. The quantitative estimate of drug-likeness (QED) is 0.502. The summed E-state index contributed by atoms with van der Waals surface area (Å²) < 4.78 is 1.49. The normalized spacial score (nSPS) is 12.0. The Morgan fingerprint density at radius 3 is 2.18 bits per heavy atom. The third-order valence-electron chi connectivity index (χ3n) is 2.82. The Kier molecular flexibility index (Phi) is 8.17. The molecule has 0 saturated carbocycles. The second-order valence-electron chi connectivity index (χ2n) is 4.60. The Morgan fingerprint density at radius 1 is 0.909 bits per heavy atom. The van der Waals surface area contributed by atoms with E-state index in [1.807, 2.05) is 18.2 Å². The molecular formula is C17H22AsN2S2+. The molecule has 0 aliphatic carbocycles. The van der Waals surface area contributed by atoms with E-state index in [-0.39, 0.29) is 0 Å². The number of para-hydroxylation sites is 1. The summed E-state index contributed by atoms with van der Waals surface area (Å²) in [4.78, 5) is 0. The number of benzene rings is 2. The van der Waals surface area contributed by atoms with Gasteiger partial charge in [0.05, 0.1) is 0 Å². The van der Waals surface area contributed by atoms with Crippen LogP contribution in [0.25, 0.3) is 0 Å². The van der Waals surface area contributed by atoms with Gasteiger partial charge in [-0.3, -0.25) is 0 Å². The van der Waals surface area contributed by atoms with Gasteiger partial charge in [0, 0.05) is 0 Å². The van der Waals surface area contributed by atoms with E-state index in [1.165, 1.54) is 4.35 Å². The van der Waals surface area contributed by atoms with Crippen molar-refractivity contribution in [2.75, 3.05) is 23.4 Å². The molecule has 0 aliphatic rings. The van der Waals surface area contributed by atoms with Gasteiger partial charge in [0.25, 0.3) is 0 Å². The summed E-state index contributed by atoms with van der Waals surface area (Å²) in [6.07, 6.45) is 0.993. The monoisotopic (exact) mass is 393 g/mol. The van der Waals surface area contributed by atoms with Gasteiger partial charge >= 0.3 is 145 Å². The van der Waals surface area contributed by atoms with Gasteiger partial charge in [-0.05, 0) is 0 Å². The second-order valence-corrected chi connectivity index (χ2v) is 16.3. The van der Waals surface area contributed by atoms with Crippen LogP contribution in [0.2, 0.25) is 0 Å². The average Bonchev–Trinajstić information content (AvgIpc) is 2.57. The summed E-state index contributed by atoms with van der Waals surface area (Å²) in [5.74, 6) is 2.19. The topological polar surface area (TPSA) is 38.0 Å². The fraction of sp³-hybridized carbons (Fsp3) is 0.235. The van der Waals surface area contributed by atoms with Crippen LogP contribution in [0.5, 0.6) is 0 Å². The van der Waals surface area contributed by atoms with E-state index < -0.39 is 12.3 Å². The minimum atomic E-state index is -1.12. The molecule has 0 heterocycles. The molecule has 3 N–H and O–H groups in total. The summed E-state index contributed by atoms with van der Waals surface area (Å²) in [6, 6.07) is 19.2. The number of hydrogen-bond acceptors (Lipinski definition) is 4. The van der Waals surface area contributed by atoms with Gasteiger partial charge in [-0.25, -0.2) is 0 Å². The Bertz CT molecular complexity index is 526. The zero-order chi connectivity index (χ0) is 15.6. The van der Waals surface area contributed by atoms with Crippen LogP contribution in [0.15, 0.2) is 54.6 Å². The molecule has 0 saturated heterocycles. The minimum absolute atomic E-state index is 0.758. The Hall–Kier alpha value is -0.672. The van der Waals surface area contributed by atoms with Crippen molar-refractivity contribution in [3.8, 4) is 0 Å². The molecule has 0 spiro atoms. The van der Waals surface area contributed by atoms with Crippen molar-refractivity contribution in [2.45, 2.75) is 6.42 Å². The fourth-order valence-corrected chi connectivity index (χ4v) is 14.2. The van der Waals surface area contributed by atoms with Crippen molar-refractivity contribution in [1.82, 2.24) is 0 Å². The standard InChI is InChI=1S/C17H22AsN2S2/c1-2-13-21-18(22-14-12-19)15-8-10-17(11-9-15)20-16-6-4-3-5-7-16/h3-11,20H,1-2,12-14,19H2/q+1. The van der Waals surface area contributed by atoms with E-state index in [0.717, 1.165) is 35.8 Å². The van der Waals surface area contributed by atoms with Crippen molar-refractivity contribution >= 4 is 48.1 Å². The molecule has 22 heavy (non-hydrogen) atoms. The molecule has 0 radical (unpaired) electrons. The van der Waals surface area contributed by atoms with Crippen LogP contribution >= 0.6 is 20.0 Å². The van der Waals surface area contributed by atoms with Gasteiger partial charge < -0.3 is 0 Å². The third kappa shape index (κ3) is 5.85. The number of hydrogen-bond donors (Lipinski definition) is 2. The molecule has 1 atom stereocenters. The summed E-state index contributed by atoms with van der Waals surface area (Å²) in [5, 5.41) is 3.43. The van der Waals surface area contributed by atoms with Crippen molar-refractivity contribution in [3.05, 3.63) is 61.5 Å². The first kappa shape index (κ1) is 17.7. The average molecular weight is 393 g/mol. The number of nitrogens with two attached hydrogens (primary N) is 1. The molecule has 5 heteroatoms. The molecule has 2 nitrogen and oxygen atoms in total. The van der Waals surface area contributed by atoms with E-state index in [9.17, 15) is 0 Å². The van der Waals surface area contributed by atoms with Crippen LogP contribution in [0.4, 0.5) is 11.4 Å². The molecular weight excluding hydrogens is 371 g/mol. The third-order valence-corrected chi connectivity index (χ3v) is 16.4. The maximum absolute atomic E-state index is 5.66. The van der Waals surface area contributed by atoms with Gasteiger partial charge in [0.1, 0.15) is 0 Å². The van der Waals surface area contributed by atoms with Gasteiger partial charge in [-0.2, -0.15) is 0 Å². The fourth-order valence-electron chi connectivity index (χ4n) is 1.82. The van der Waals surface area contributed by atoms with Crippen molar-refractivity contribution in [3.63, 3.8) is 0 Å². The molecule has 0 bridgehead atoms. The summed E-state index contributed by atoms with van der Waals surface area (Å²) in [6.45, 7) is 4.71. The van der Waals surface area contributed by atoms with Gasteiger partial charge in [0.15, 0.2) is 0 Å². The van der Waals surface area contributed by atoms with Crippen LogP contribution in [0.1, 0.15) is 6.42 Å². The zero-order valence-electron chi connectivity index (χ0n) is 12.6. The van der Waals surface area contributed by atoms with Gasteiger partial charge in [-0.1, -0.05) is 0 Å². The van der Waals surface area contributed by atoms with E-state index in [4.69, 9.17) is 5.73 Å². The number of nitrogens with one attached hydrogen (secondary N) is 1. The summed E-state index contributed by atoms with van der Waals surface area (Å²) in [5.41, 5.74) is 7.92. The van der Waals surface area contributed by atoms with Gasteiger partial charge in [-0.15, -0.1) is 0 Å². The molecule has 1 unspecified atom stereocenters. The Balaban J connectivity index is 2.01. The van der Waals surface area contributed by atoms with E-state index >= 15 is 0 Å². The van der Waals surface area contributed by atoms with Crippen LogP contribution in [0.3, 0.4) is 0 Å². The predicted octanol–water partition coefficient (Wildman–Crippen LogP) is 3.77. The van der Waals surface area contributed by atoms with E-state index in [0.29, 0.717) is 0 Å². The molecule has 2 rings (SSSR count). The summed E-state index contributed by atoms with van der Waals surface area (Å²) >= 11 is -1.12. The van der Waals surface area contributed by atoms with Gasteiger partial charge in [0.2, 0.25) is 0 Å². The van der Waals surface area contributed by atoms with E-state index in [2.05, 4.69) is 68.7 Å².